The summed E-state index contributed by atoms with van der Waals surface area (Å²) in [4.78, 5) is 4.37. The van der Waals surface area contributed by atoms with Crippen molar-refractivity contribution >= 4 is 15.9 Å². The molecule has 18 heavy (non-hydrogen) atoms. The highest BCUT2D eigenvalue weighted by Gasteiger charge is 2.32. The second-order valence-electron chi connectivity index (χ2n) is 5.47. The van der Waals surface area contributed by atoms with Gasteiger partial charge < -0.3 is 4.74 Å². The van der Waals surface area contributed by atoms with Gasteiger partial charge in [0, 0.05) is 29.9 Å². The molecule has 3 N–H and O–H groups in total. The van der Waals surface area contributed by atoms with Crippen LogP contribution >= 0.6 is 15.9 Å². The number of hydrogen-bond acceptors (Lipinski definition) is 4. The zero-order valence-electron chi connectivity index (χ0n) is 11.4. The lowest BCUT2D eigenvalue weighted by Gasteiger charge is -2.35. The van der Waals surface area contributed by atoms with E-state index in [0.29, 0.717) is 0 Å². The Morgan fingerprint density at radius 1 is 1.44 bits per heavy atom. The van der Waals surface area contributed by atoms with Crippen LogP contribution in [0.2, 0.25) is 0 Å². The molecule has 0 saturated heterocycles. The first-order chi connectivity index (χ1) is 8.38. The lowest BCUT2D eigenvalue weighted by molar-refractivity contribution is -0.0112. The number of aromatic nitrogens is 1. The van der Waals surface area contributed by atoms with Crippen LogP contribution in [0.5, 0.6) is 0 Å². The van der Waals surface area contributed by atoms with Crippen LogP contribution in [0.3, 0.4) is 0 Å². The number of hydrogen-bond donors (Lipinski definition) is 2. The molecule has 0 aliphatic rings. The van der Waals surface area contributed by atoms with Gasteiger partial charge >= 0.3 is 0 Å². The Balaban J connectivity index is 2.80. The van der Waals surface area contributed by atoms with E-state index < -0.39 is 0 Å². The molecule has 0 spiro atoms. The minimum atomic E-state index is 0.0150. The van der Waals surface area contributed by atoms with E-state index in [1.165, 1.54) is 0 Å². The first-order valence-electron chi connectivity index (χ1n) is 5.98. The van der Waals surface area contributed by atoms with Gasteiger partial charge in [-0.05, 0) is 33.5 Å². The lowest BCUT2D eigenvalue weighted by atomic mass is 9.83. The number of nitrogens with two attached hydrogens (primary N) is 1. The number of ether oxygens (including phenoxy) is 1. The molecule has 0 saturated carbocycles. The summed E-state index contributed by atoms with van der Waals surface area (Å²) in [7, 11) is 1.72. The maximum Gasteiger partial charge on any atom is 0.0789 e. The summed E-state index contributed by atoms with van der Waals surface area (Å²) in [5, 5.41) is 0. The second kappa shape index (κ2) is 6.61. The zero-order valence-corrected chi connectivity index (χ0v) is 13.0. The van der Waals surface area contributed by atoms with Crippen molar-refractivity contribution in [1.82, 2.24) is 10.4 Å². The molecule has 1 aromatic heterocycles. The van der Waals surface area contributed by atoms with Gasteiger partial charge in [-0.3, -0.25) is 16.3 Å². The molecule has 0 radical (unpaired) electrons. The highest BCUT2D eigenvalue weighted by atomic mass is 79.9. The fourth-order valence-corrected chi connectivity index (χ4v) is 2.36. The van der Waals surface area contributed by atoms with Crippen molar-refractivity contribution in [2.45, 2.75) is 39.3 Å². The summed E-state index contributed by atoms with van der Waals surface area (Å²) >= 11 is 3.38. The fourth-order valence-electron chi connectivity index (χ4n) is 2.13. The molecule has 0 bridgehead atoms. The number of nitrogens with zero attached hydrogens (tertiary/aromatic N) is 1. The molecule has 1 rings (SSSR count). The Kier molecular flexibility index (Phi) is 5.72. The minimum Gasteiger partial charge on any atom is -0.379 e. The molecule has 0 amide bonds. The average molecular weight is 316 g/mol. The number of methoxy groups -OCH3 is 1. The van der Waals surface area contributed by atoms with E-state index in [4.69, 9.17) is 10.6 Å². The molecular formula is C13H22BrN3O. The average Bonchev–Trinajstić information content (AvgIpc) is 2.29. The molecule has 4 nitrogen and oxygen atoms in total. The van der Waals surface area contributed by atoms with Crippen molar-refractivity contribution in [3.63, 3.8) is 0 Å². The number of nitrogens with one attached hydrogen (secondary N) is 1. The van der Waals surface area contributed by atoms with E-state index in [1.54, 1.807) is 13.3 Å². The van der Waals surface area contributed by atoms with Crippen molar-refractivity contribution in [3.05, 3.63) is 28.5 Å². The maximum atomic E-state index is 5.66. The topological polar surface area (TPSA) is 60.2 Å². The molecule has 2 unspecified atom stereocenters. The lowest BCUT2D eigenvalue weighted by Crippen LogP contribution is -2.51. The van der Waals surface area contributed by atoms with Crippen LogP contribution in [0.15, 0.2) is 22.8 Å². The van der Waals surface area contributed by atoms with Crippen LogP contribution in [0, 0.1) is 5.41 Å². The first-order valence-corrected chi connectivity index (χ1v) is 6.77. The molecule has 0 aliphatic carbocycles. The summed E-state index contributed by atoms with van der Waals surface area (Å²) in [5.41, 5.74) is 3.85. The Bertz CT molecular complexity index is 361. The highest BCUT2D eigenvalue weighted by Crippen LogP contribution is 2.25. The van der Waals surface area contributed by atoms with Gasteiger partial charge in [-0.25, -0.2) is 0 Å². The van der Waals surface area contributed by atoms with Crippen molar-refractivity contribution in [1.29, 1.82) is 0 Å². The Morgan fingerprint density at radius 3 is 2.50 bits per heavy atom. The minimum absolute atomic E-state index is 0.0150. The van der Waals surface area contributed by atoms with Gasteiger partial charge in [-0.15, -0.1) is 0 Å². The molecule has 1 heterocycles. The van der Waals surface area contributed by atoms with Crippen LogP contribution in [0.25, 0.3) is 0 Å². The van der Waals surface area contributed by atoms with Gasteiger partial charge in [0.25, 0.3) is 0 Å². The number of pyridine rings is 1. The summed E-state index contributed by atoms with van der Waals surface area (Å²) in [5.74, 6) is 5.66. The van der Waals surface area contributed by atoms with Crippen molar-refractivity contribution < 1.29 is 4.74 Å². The standard InChI is InChI=1S/C13H22BrN3O/c1-13(2,3)12(18-4)11(17-15)7-10-6-5-9(14)8-16-10/h5-6,8,11-12,17H,7,15H2,1-4H3. The predicted molar refractivity (Wildman–Crippen MR) is 77.0 cm³/mol. The summed E-state index contributed by atoms with van der Waals surface area (Å²) in [6.07, 6.45) is 2.55. The van der Waals surface area contributed by atoms with Crippen LogP contribution in [0.1, 0.15) is 26.5 Å². The van der Waals surface area contributed by atoms with Crippen LogP contribution in [0.4, 0.5) is 0 Å². The van der Waals surface area contributed by atoms with Gasteiger partial charge in [-0.1, -0.05) is 20.8 Å². The van der Waals surface area contributed by atoms with Crippen LogP contribution < -0.4 is 11.3 Å². The number of halogens is 1. The van der Waals surface area contributed by atoms with Crippen molar-refractivity contribution in [2.75, 3.05) is 7.11 Å². The van der Waals surface area contributed by atoms with E-state index >= 15 is 0 Å². The Hall–Kier alpha value is -0.490. The third kappa shape index (κ3) is 4.31. The van der Waals surface area contributed by atoms with E-state index in [0.717, 1.165) is 16.6 Å². The van der Waals surface area contributed by atoms with E-state index in [1.807, 2.05) is 12.1 Å². The molecule has 0 aliphatic heterocycles. The maximum absolute atomic E-state index is 5.66. The summed E-state index contributed by atoms with van der Waals surface area (Å²) < 4.78 is 6.56. The third-order valence-electron chi connectivity index (χ3n) is 2.90. The summed E-state index contributed by atoms with van der Waals surface area (Å²) in [6, 6.07) is 4.00. The molecule has 0 aromatic carbocycles. The number of hydrazine groups is 1. The second-order valence-corrected chi connectivity index (χ2v) is 6.38. The quantitative estimate of drug-likeness (QED) is 0.646. The van der Waals surface area contributed by atoms with Crippen LogP contribution in [-0.4, -0.2) is 24.2 Å². The Morgan fingerprint density at radius 2 is 2.11 bits per heavy atom. The van der Waals surface area contributed by atoms with Gasteiger partial charge in [0.15, 0.2) is 0 Å². The number of rotatable bonds is 5. The van der Waals surface area contributed by atoms with E-state index in [9.17, 15) is 0 Å². The Labute approximate surface area is 117 Å². The normalized spacial score (nSPS) is 15.4. The molecule has 5 heteroatoms. The van der Waals surface area contributed by atoms with E-state index in [-0.39, 0.29) is 17.6 Å². The predicted octanol–water partition coefficient (Wildman–Crippen LogP) is 2.28. The highest BCUT2D eigenvalue weighted by molar-refractivity contribution is 9.10. The first kappa shape index (κ1) is 15.6. The molecule has 2 atom stereocenters. The van der Waals surface area contributed by atoms with E-state index in [2.05, 4.69) is 47.1 Å². The molecule has 1 aromatic rings. The van der Waals surface area contributed by atoms with Crippen LogP contribution in [-0.2, 0) is 11.2 Å². The van der Waals surface area contributed by atoms with Gasteiger partial charge in [0.2, 0.25) is 0 Å². The molecular weight excluding hydrogens is 294 g/mol. The van der Waals surface area contributed by atoms with Crippen molar-refractivity contribution in [2.24, 2.45) is 11.3 Å². The van der Waals surface area contributed by atoms with Gasteiger partial charge in [-0.2, -0.15) is 0 Å². The van der Waals surface area contributed by atoms with Crippen molar-refractivity contribution in [3.8, 4) is 0 Å². The zero-order chi connectivity index (χ0) is 13.8. The van der Waals surface area contributed by atoms with Gasteiger partial charge in [0.05, 0.1) is 12.1 Å². The molecule has 0 fully saturated rings. The largest absolute Gasteiger partial charge is 0.379 e. The smallest absolute Gasteiger partial charge is 0.0789 e. The monoisotopic (exact) mass is 315 g/mol. The molecule has 102 valence electrons. The SMILES string of the molecule is COC(C(Cc1ccc(Br)cn1)NN)C(C)(C)C. The third-order valence-corrected chi connectivity index (χ3v) is 3.37. The summed E-state index contributed by atoms with van der Waals surface area (Å²) in [6.45, 7) is 6.42. The van der Waals surface area contributed by atoms with Gasteiger partial charge in [0.1, 0.15) is 0 Å². The fraction of sp³-hybridized carbons (Fsp3) is 0.615.